The van der Waals surface area contributed by atoms with Crippen LogP contribution in [0, 0.1) is 12.7 Å². The van der Waals surface area contributed by atoms with Gasteiger partial charge in [0.2, 0.25) is 0 Å². The second kappa shape index (κ2) is 5.24. The standard InChI is InChI=1S/C13H16FN3O2S/c1-8(2)11-7-13(16-15-11)17-20(18,19)12-6-9(3)4-5-10(12)14/h4-8H,1-3H3,(H2,15,16,17). The summed E-state index contributed by atoms with van der Waals surface area (Å²) in [5, 5.41) is 6.60. The van der Waals surface area contributed by atoms with Crippen molar-refractivity contribution in [3.63, 3.8) is 0 Å². The summed E-state index contributed by atoms with van der Waals surface area (Å²) in [5.41, 5.74) is 1.46. The zero-order valence-electron chi connectivity index (χ0n) is 11.4. The van der Waals surface area contributed by atoms with Crippen LogP contribution < -0.4 is 4.72 Å². The molecule has 0 unspecified atom stereocenters. The van der Waals surface area contributed by atoms with Gasteiger partial charge in [-0.15, -0.1) is 0 Å². The van der Waals surface area contributed by atoms with E-state index in [2.05, 4.69) is 14.9 Å². The van der Waals surface area contributed by atoms with Crippen LogP contribution in [0.2, 0.25) is 0 Å². The fourth-order valence-electron chi connectivity index (χ4n) is 1.69. The van der Waals surface area contributed by atoms with Gasteiger partial charge in [-0.2, -0.15) is 5.10 Å². The number of hydrogen-bond acceptors (Lipinski definition) is 3. The molecule has 2 rings (SSSR count). The molecule has 1 aromatic carbocycles. The van der Waals surface area contributed by atoms with E-state index < -0.39 is 15.8 Å². The quantitative estimate of drug-likeness (QED) is 0.911. The summed E-state index contributed by atoms with van der Waals surface area (Å²) in [7, 11) is -3.99. The molecule has 2 aromatic rings. The number of halogens is 1. The molecule has 1 heterocycles. The number of aryl methyl sites for hydroxylation is 1. The molecule has 0 saturated carbocycles. The highest BCUT2D eigenvalue weighted by Gasteiger charge is 2.20. The molecule has 0 aliphatic rings. The van der Waals surface area contributed by atoms with Crippen molar-refractivity contribution in [3.05, 3.63) is 41.3 Å². The van der Waals surface area contributed by atoms with Gasteiger partial charge in [0.1, 0.15) is 10.7 Å². The van der Waals surface area contributed by atoms with Gasteiger partial charge in [-0.05, 0) is 30.5 Å². The summed E-state index contributed by atoms with van der Waals surface area (Å²) in [6, 6.07) is 5.53. The molecule has 0 fully saturated rings. The third-order valence-electron chi connectivity index (χ3n) is 2.83. The number of rotatable bonds is 4. The van der Waals surface area contributed by atoms with Crippen molar-refractivity contribution in [2.24, 2.45) is 0 Å². The van der Waals surface area contributed by atoms with Crippen molar-refractivity contribution in [3.8, 4) is 0 Å². The molecular weight excluding hydrogens is 281 g/mol. The zero-order chi connectivity index (χ0) is 14.9. The molecule has 108 valence electrons. The lowest BCUT2D eigenvalue weighted by atomic mass is 10.1. The maximum atomic E-state index is 13.7. The molecule has 7 heteroatoms. The van der Waals surface area contributed by atoms with E-state index in [1.54, 1.807) is 13.0 Å². The number of benzene rings is 1. The molecule has 0 aliphatic carbocycles. The predicted octanol–water partition coefficient (Wildman–Crippen LogP) is 2.78. The SMILES string of the molecule is Cc1ccc(F)c(S(=O)(=O)Nc2cc(C(C)C)[nH]n2)c1. The van der Waals surface area contributed by atoms with Crippen LogP contribution in [-0.2, 0) is 10.0 Å². The van der Waals surface area contributed by atoms with E-state index in [0.29, 0.717) is 5.56 Å². The minimum absolute atomic E-state index is 0.148. The number of nitrogens with one attached hydrogen (secondary N) is 2. The Hall–Kier alpha value is -1.89. The highest BCUT2D eigenvalue weighted by molar-refractivity contribution is 7.92. The maximum Gasteiger partial charge on any atom is 0.266 e. The Morgan fingerprint density at radius 1 is 1.30 bits per heavy atom. The minimum Gasteiger partial charge on any atom is -0.280 e. The fourth-order valence-corrected chi connectivity index (χ4v) is 2.85. The Labute approximate surface area is 117 Å². The van der Waals surface area contributed by atoms with Gasteiger partial charge in [0.15, 0.2) is 5.82 Å². The highest BCUT2D eigenvalue weighted by atomic mass is 32.2. The van der Waals surface area contributed by atoms with Gasteiger partial charge in [0, 0.05) is 11.8 Å². The molecule has 1 aromatic heterocycles. The van der Waals surface area contributed by atoms with Gasteiger partial charge in [-0.1, -0.05) is 19.9 Å². The van der Waals surface area contributed by atoms with E-state index >= 15 is 0 Å². The van der Waals surface area contributed by atoms with Crippen LogP contribution in [0.5, 0.6) is 0 Å². The molecule has 0 aliphatic heterocycles. The number of aromatic nitrogens is 2. The third-order valence-corrected chi connectivity index (χ3v) is 4.20. The summed E-state index contributed by atoms with van der Waals surface area (Å²) < 4.78 is 40.2. The lowest BCUT2D eigenvalue weighted by Gasteiger charge is -2.07. The smallest absolute Gasteiger partial charge is 0.266 e. The van der Waals surface area contributed by atoms with E-state index in [0.717, 1.165) is 11.8 Å². The van der Waals surface area contributed by atoms with Gasteiger partial charge >= 0.3 is 0 Å². The van der Waals surface area contributed by atoms with Crippen LogP contribution in [0.4, 0.5) is 10.2 Å². The topological polar surface area (TPSA) is 74.8 Å². The molecule has 0 saturated heterocycles. The Morgan fingerprint density at radius 3 is 2.60 bits per heavy atom. The fraction of sp³-hybridized carbons (Fsp3) is 0.308. The Bertz CT molecular complexity index is 723. The Balaban J connectivity index is 2.33. The van der Waals surface area contributed by atoms with Crippen molar-refractivity contribution in [2.45, 2.75) is 31.6 Å². The molecule has 0 spiro atoms. The van der Waals surface area contributed by atoms with Gasteiger partial charge in [-0.3, -0.25) is 9.82 Å². The first-order valence-corrected chi connectivity index (χ1v) is 7.62. The van der Waals surface area contributed by atoms with Crippen molar-refractivity contribution in [1.29, 1.82) is 0 Å². The summed E-state index contributed by atoms with van der Waals surface area (Å²) >= 11 is 0. The van der Waals surface area contributed by atoms with Crippen LogP contribution >= 0.6 is 0 Å². The Kier molecular flexibility index (Phi) is 3.80. The van der Waals surface area contributed by atoms with Crippen LogP contribution in [0.15, 0.2) is 29.2 Å². The van der Waals surface area contributed by atoms with Crippen molar-refractivity contribution >= 4 is 15.8 Å². The number of H-pyrrole nitrogens is 1. The summed E-state index contributed by atoms with van der Waals surface area (Å²) in [6.07, 6.45) is 0. The number of aromatic amines is 1. The Morgan fingerprint density at radius 2 is 2.00 bits per heavy atom. The first-order valence-electron chi connectivity index (χ1n) is 6.14. The molecule has 20 heavy (non-hydrogen) atoms. The van der Waals surface area contributed by atoms with E-state index in [9.17, 15) is 12.8 Å². The second-order valence-electron chi connectivity index (χ2n) is 4.90. The van der Waals surface area contributed by atoms with E-state index in [-0.39, 0.29) is 16.6 Å². The van der Waals surface area contributed by atoms with Crippen molar-refractivity contribution < 1.29 is 12.8 Å². The van der Waals surface area contributed by atoms with Gasteiger partial charge < -0.3 is 0 Å². The third kappa shape index (κ3) is 2.98. The van der Waals surface area contributed by atoms with Crippen LogP contribution in [-0.4, -0.2) is 18.6 Å². The van der Waals surface area contributed by atoms with Crippen LogP contribution in [0.25, 0.3) is 0 Å². The summed E-state index contributed by atoms with van der Waals surface area (Å²) in [6.45, 7) is 5.60. The number of nitrogens with zero attached hydrogens (tertiary/aromatic N) is 1. The second-order valence-corrected chi connectivity index (χ2v) is 6.55. The molecule has 0 amide bonds. The molecule has 0 bridgehead atoms. The van der Waals surface area contributed by atoms with Crippen LogP contribution in [0.3, 0.4) is 0 Å². The van der Waals surface area contributed by atoms with E-state index in [1.807, 2.05) is 13.8 Å². The average molecular weight is 297 g/mol. The highest BCUT2D eigenvalue weighted by Crippen LogP contribution is 2.21. The number of hydrogen-bond donors (Lipinski definition) is 2. The minimum atomic E-state index is -3.99. The molecular formula is C13H16FN3O2S. The van der Waals surface area contributed by atoms with E-state index in [1.165, 1.54) is 12.1 Å². The largest absolute Gasteiger partial charge is 0.280 e. The molecule has 2 N–H and O–H groups in total. The van der Waals surface area contributed by atoms with Gasteiger partial charge in [0.25, 0.3) is 10.0 Å². The summed E-state index contributed by atoms with van der Waals surface area (Å²) in [5.74, 6) is -0.450. The van der Waals surface area contributed by atoms with Gasteiger partial charge in [-0.25, -0.2) is 12.8 Å². The number of sulfonamides is 1. The monoisotopic (exact) mass is 297 g/mol. The van der Waals surface area contributed by atoms with Crippen molar-refractivity contribution in [2.75, 3.05) is 4.72 Å². The van der Waals surface area contributed by atoms with E-state index in [4.69, 9.17) is 0 Å². The van der Waals surface area contributed by atoms with Gasteiger partial charge in [0.05, 0.1) is 0 Å². The summed E-state index contributed by atoms with van der Waals surface area (Å²) in [4.78, 5) is -0.383. The normalized spacial score (nSPS) is 11.8. The molecule has 5 nitrogen and oxygen atoms in total. The van der Waals surface area contributed by atoms with Crippen molar-refractivity contribution in [1.82, 2.24) is 10.2 Å². The molecule has 0 atom stereocenters. The maximum absolute atomic E-state index is 13.7. The lowest BCUT2D eigenvalue weighted by Crippen LogP contribution is -2.15. The zero-order valence-corrected chi connectivity index (χ0v) is 12.3. The van der Waals surface area contributed by atoms with Crippen LogP contribution in [0.1, 0.15) is 31.0 Å². The average Bonchev–Trinajstić information content (AvgIpc) is 2.80. The molecule has 0 radical (unpaired) electrons. The number of anilines is 1. The first kappa shape index (κ1) is 14.5. The predicted molar refractivity (Wildman–Crippen MR) is 74.6 cm³/mol. The first-order chi connectivity index (χ1) is 9.29. The lowest BCUT2D eigenvalue weighted by molar-refractivity contribution is 0.569.